The van der Waals surface area contributed by atoms with Gasteiger partial charge in [0.2, 0.25) is 0 Å². The molecule has 2 aromatic rings. The van der Waals surface area contributed by atoms with Crippen molar-refractivity contribution in [2.45, 2.75) is 39.0 Å². The van der Waals surface area contributed by atoms with Gasteiger partial charge in [-0.2, -0.15) is 0 Å². The molecule has 2 nitrogen and oxygen atoms in total. The fraction of sp³-hybridized carbons (Fsp3) is 0.421. The van der Waals surface area contributed by atoms with E-state index >= 15 is 0 Å². The van der Waals surface area contributed by atoms with Crippen molar-refractivity contribution in [3.63, 3.8) is 0 Å². The maximum atomic E-state index is 12.4. The molecule has 0 aliphatic heterocycles. The average molecular weight is 313 g/mol. The van der Waals surface area contributed by atoms with E-state index in [9.17, 15) is 4.79 Å². The highest BCUT2D eigenvalue weighted by atomic mass is 32.1. The van der Waals surface area contributed by atoms with Gasteiger partial charge in [0.1, 0.15) is 0 Å². The topological polar surface area (TPSA) is 29.1 Å². The van der Waals surface area contributed by atoms with E-state index in [0.29, 0.717) is 0 Å². The minimum Gasteiger partial charge on any atom is -0.352 e. The smallest absolute Gasteiger partial charge is 0.252 e. The first-order valence-electron chi connectivity index (χ1n) is 8.15. The van der Waals surface area contributed by atoms with Gasteiger partial charge in [-0.05, 0) is 49.1 Å². The van der Waals surface area contributed by atoms with Crippen molar-refractivity contribution in [1.29, 1.82) is 0 Å². The van der Waals surface area contributed by atoms with Crippen molar-refractivity contribution in [3.8, 4) is 0 Å². The lowest BCUT2D eigenvalue weighted by molar-refractivity contribution is 0.0952. The van der Waals surface area contributed by atoms with Crippen LogP contribution in [-0.4, -0.2) is 12.5 Å². The third-order valence-corrected chi connectivity index (χ3v) is 5.47. The molecule has 0 fully saturated rings. The zero-order valence-corrected chi connectivity index (χ0v) is 13.9. The summed E-state index contributed by atoms with van der Waals surface area (Å²) < 4.78 is 0. The Balaban J connectivity index is 1.50. The molecule has 1 atom stereocenters. The van der Waals surface area contributed by atoms with E-state index < -0.39 is 0 Å². The van der Waals surface area contributed by atoms with E-state index in [1.165, 1.54) is 22.4 Å². The van der Waals surface area contributed by atoms with Gasteiger partial charge in [0.05, 0.1) is 5.56 Å². The fourth-order valence-electron chi connectivity index (χ4n) is 3.10. The molecular formula is C19H23NOS. The maximum Gasteiger partial charge on any atom is 0.252 e. The number of hydrogen-bond acceptors (Lipinski definition) is 2. The van der Waals surface area contributed by atoms with E-state index in [0.717, 1.165) is 43.7 Å². The van der Waals surface area contributed by atoms with E-state index in [2.05, 4.69) is 41.9 Å². The Bertz CT molecular complexity index is 632. The Hall–Kier alpha value is -1.61. The molecule has 1 aromatic heterocycles. The molecule has 0 bridgehead atoms. The van der Waals surface area contributed by atoms with E-state index in [1.807, 2.05) is 6.07 Å². The molecule has 3 rings (SSSR count). The number of carbonyl (C=O) groups excluding carboxylic acids is 1. The molecule has 0 saturated carbocycles. The van der Waals surface area contributed by atoms with Crippen molar-refractivity contribution >= 4 is 17.2 Å². The van der Waals surface area contributed by atoms with Crippen molar-refractivity contribution in [1.82, 2.24) is 5.32 Å². The number of nitrogens with one attached hydrogen (secondary N) is 1. The van der Waals surface area contributed by atoms with Gasteiger partial charge in [-0.15, -0.1) is 11.3 Å². The SMILES string of the molecule is C[C@H]1CCc2c(C(=O)NCCCc3ccccc3)csc2C1. The summed E-state index contributed by atoms with van der Waals surface area (Å²) in [6.45, 7) is 3.04. The standard InChI is InChI=1S/C19H23NOS/c1-14-9-10-16-17(13-22-18(16)12-14)19(21)20-11-5-8-15-6-3-2-4-7-15/h2-4,6-7,13-14H,5,8-12H2,1H3,(H,20,21)/t14-/m0/s1. The molecule has 1 heterocycles. The molecular weight excluding hydrogens is 290 g/mol. The second-order valence-electron chi connectivity index (χ2n) is 6.24. The molecule has 1 aromatic carbocycles. The second kappa shape index (κ2) is 7.10. The number of benzene rings is 1. The maximum absolute atomic E-state index is 12.4. The molecule has 1 N–H and O–H groups in total. The van der Waals surface area contributed by atoms with Crippen LogP contribution in [0.15, 0.2) is 35.7 Å². The Morgan fingerprint density at radius 2 is 2.14 bits per heavy atom. The molecule has 3 heteroatoms. The van der Waals surface area contributed by atoms with Gasteiger partial charge in [-0.1, -0.05) is 37.3 Å². The number of rotatable bonds is 5. The Morgan fingerprint density at radius 3 is 2.95 bits per heavy atom. The summed E-state index contributed by atoms with van der Waals surface area (Å²) in [5.74, 6) is 0.869. The van der Waals surface area contributed by atoms with Gasteiger partial charge in [0, 0.05) is 16.8 Å². The number of amides is 1. The lowest BCUT2D eigenvalue weighted by atomic mass is 9.88. The highest BCUT2D eigenvalue weighted by molar-refractivity contribution is 7.10. The van der Waals surface area contributed by atoms with Gasteiger partial charge in [0.25, 0.3) is 5.91 Å². The molecule has 0 unspecified atom stereocenters. The number of fused-ring (bicyclic) bond motifs is 1. The van der Waals surface area contributed by atoms with Crippen LogP contribution in [0.3, 0.4) is 0 Å². The van der Waals surface area contributed by atoms with Crippen LogP contribution in [0, 0.1) is 5.92 Å². The Morgan fingerprint density at radius 1 is 1.32 bits per heavy atom. The minimum absolute atomic E-state index is 0.111. The number of hydrogen-bond donors (Lipinski definition) is 1. The summed E-state index contributed by atoms with van der Waals surface area (Å²) in [4.78, 5) is 13.8. The molecule has 1 aliphatic rings. The zero-order valence-electron chi connectivity index (χ0n) is 13.1. The van der Waals surface area contributed by atoms with Crippen LogP contribution in [-0.2, 0) is 19.3 Å². The highest BCUT2D eigenvalue weighted by Crippen LogP contribution is 2.32. The van der Waals surface area contributed by atoms with Crippen LogP contribution < -0.4 is 5.32 Å². The first kappa shape index (κ1) is 15.3. The monoisotopic (exact) mass is 313 g/mol. The fourth-order valence-corrected chi connectivity index (χ4v) is 4.35. The van der Waals surface area contributed by atoms with E-state index in [-0.39, 0.29) is 5.91 Å². The third kappa shape index (κ3) is 3.58. The molecule has 1 aliphatic carbocycles. The van der Waals surface area contributed by atoms with Gasteiger partial charge in [-0.25, -0.2) is 0 Å². The average Bonchev–Trinajstić information content (AvgIpc) is 2.95. The van der Waals surface area contributed by atoms with Crippen LogP contribution in [0.2, 0.25) is 0 Å². The minimum atomic E-state index is 0.111. The largest absolute Gasteiger partial charge is 0.352 e. The number of carbonyl (C=O) groups is 1. The van der Waals surface area contributed by atoms with Crippen molar-refractivity contribution in [2.75, 3.05) is 6.54 Å². The summed E-state index contributed by atoms with van der Waals surface area (Å²) in [6, 6.07) is 10.4. The highest BCUT2D eigenvalue weighted by Gasteiger charge is 2.22. The Labute approximate surface area is 136 Å². The first-order chi connectivity index (χ1) is 10.7. The number of thiophene rings is 1. The van der Waals surface area contributed by atoms with Crippen LogP contribution in [0.5, 0.6) is 0 Å². The summed E-state index contributed by atoms with van der Waals surface area (Å²) in [5, 5.41) is 5.14. The summed E-state index contributed by atoms with van der Waals surface area (Å²) >= 11 is 1.76. The third-order valence-electron chi connectivity index (χ3n) is 4.42. The summed E-state index contributed by atoms with van der Waals surface area (Å²) in [6.07, 6.45) is 5.41. The summed E-state index contributed by atoms with van der Waals surface area (Å²) in [5.41, 5.74) is 3.56. The van der Waals surface area contributed by atoms with E-state index in [4.69, 9.17) is 0 Å². The second-order valence-corrected chi connectivity index (χ2v) is 7.21. The molecule has 22 heavy (non-hydrogen) atoms. The first-order valence-corrected chi connectivity index (χ1v) is 9.03. The van der Waals surface area contributed by atoms with Gasteiger partial charge < -0.3 is 5.32 Å². The van der Waals surface area contributed by atoms with Crippen LogP contribution in [0.25, 0.3) is 0 Å². The Kier molecular flexibility index (Phi) is 4.94. The van der Waals surface area contributed by atoms with Crippen molar-refractivity contribution in [2.24, 2.45) is 5.92 Å². The molecule has 116 valence electrons. The number of aryl methyl sites for hydroxylation is 1. The van der Waals surface area contributed by atoms with Gasteiger partial charge >= 0.3 is 0 Å². The van der Waals surface area contributed by atoms with Crippen LogP contribution in [0.1, 0.15) is 46.1 Å². The predicted molar refractivity (Wildman–Crippen MR) is 92.6 cm³/mol. The normalized spacial score (nSPS) is 17.0. The lowest BCUT2D eigenvalue weighted by Crippen LogP contribution is -2.26. The molecule has 0 radical (unpaired) electrons. The van der Waals surface area contributed by atoms with E-state index in [1.54, 1.807) is 11.3 Å². The van der Waals surface area contributed by atoms with Gasteiger partial charge in [-0.3, -0.25) is 4.79 Å². The quantitative estimate of drug-likeness (QED) is 0.822. The molecule has 0 saturated heterocycles. The van der Waals surface area contributed by atoms with Crippen LogP contribution in [0.4, 0.5) is 0 Å². The van der Waals surface area contributed by atoms with Crippen molar-refractivity contribution in [3.05, 3.63) is 57.3 Å². The molecule has 0 spiro atoms. The van der Waals surface area contributed by atoms with Crippen molar-refractivity contribution < 1.29 is 4.79 Å². The predicted octanol–water partition coefficient (Wildman–Crippen LogP) is 4.24. The summed E-state index contributed by atoms with van der Waals surface area (Å²) in [7, 11) is 0. The van der Waals surface area contributed by atoms with Crippen LogP contribution >= 0.6 is 11.3 Å². The molecule has 1 amide bonds. The van der Waals surface area contributed by atoms with Gasteiger partial charge in [0.15, 0.2) is 0 Å². The lowest BCUT2D eigenvalue weighted by Gasteiger charge is -2.18. The zero-order chi connectivity index (χ0) is 15.4.